The summed E-state index contributed by atoms with van der Waals surface area (Å²) < 4.78 is 13.4. The first-order chi connectivity index (χ1) is 8.05. The molecule has 0 aliphatic carbocycles. The molecule has 0 aromatic carbocycles. The third-order valence-corrected chi connectivity index (χ3v) is 7.47. The quantitative estimate of drug-likeness (QED) is 0.560. The number of carbonyl (C=O) groups excluding carboxylic acids is 1. The van der Waals surface area contributed by atoms with Crippen LogP contribution in [0.2, 0.25) is 12.6 Å². The molecule has 0 bridgehead atoms. The number of hydrogen-bond donors (Lipinski definition) is 0. The number of carbonyl (C=O) groups is 1. The number of nitrogens with zero attached hydrogens (tertiary/aromatic N) is 1. The van der Waals surface area contributed by atoms with Crippen LogP contribution in [-0.4, -0.2) is 44.8 Å². The van der Waals surface area contributed by atoms with Gasteiger partial charge in [-0.05, 0) is 46.3 Å². The minimum absolute atomic E-state index is 0.118. The largest absolute Gasteiger partial charge is 0.465 e. The van der Waals surface area contributed by atoms with Crippen LogP contribution < -0.4 is 0 Å². The van der Waals surface area contributed by atoms with E-state index in [9.17, 15) is 4.79 Å². The van der Waals surface area contributed by atoms with Gasteiger partial charge in [0, 0.05) is 6.61 Å². The van der Waals surface area contributed by atoms with E-state index < -0.39 is 8.48 Å². The number of rotatable bonds is 5. The molecule has 0 aromatic heterocycles. The first kappa shape index (κ1) is 14.7. The van der Waals surface area contributed by atoms with Gasteiger partial charge >= 0.3 is 5.97 Å². The summed E-state index contributed by atoms with van der Waals surface area (Å²) in [7, 11) is -1.89. The number of hydrogen-bond acceptors (Lipinski definition) is 4. The summed E-state index contributed by atoms with van der Waals surface area (Å²) in [5.41, 5.74) is 0. The van der Waals surface area contributed by atoms with Crippen LogP contribution >= 0.6 is 0 Å². The number of esters is 1. The highest BCUT2D eigenvalue weighted by molar-refractivity contribution is 6.70. The Morgan fingerprint density at radius 2 is 2.06 bits per heavy atom. The topological polar surface area (TPSA) is 38.8 Å². The van der Waals surface area contributed by atoms with Crippen molar-refractivity contribution in [3.05, 3.63) is 0 Å². The summed E-state index contributed by atoms with van der Waals surface area (Å²) in [4.78, 5) is 11.8. The summed E-state index contributed by atoms with van der Waals surface area (Å²) in [6, 6.07) is 0.948. The molecule has 5 heteroatoms. The second-order valence-electron chi connectivity index (χ2n) is 4.69. The van der Waals surface area contributed by atoms with Crippen LogP contribution in [0.3, 0.4) is 0 Å². The molecule has 0 aromatic rings. The van der Waals surface area contributed by atoms with Gasteiger partial charge in [0.25, 0.3) is 8.48 Å². The Morgan fingerprint density at radius 1 is 1.35 bits per heavy atom. The molecule has 1 heterocycles. The lowest BCUT2D eigenvalue weighted by molar-refractivity contribution is -0.147. The van der Waals surface area contributed by atoms with Gasteiger partial charge in [0.2, 0.25) is 0 Å². The molecule has 1 aliphatic rings. The summed E-state index contributed by atoms with van der Waals surface area (Å²) in [6.07, 6.45) is 2.37. The van der Waals surface area contributed by atoms with Crippen molar-refractivity contribution in [1.29, 1.82) is 0 Å². The number of ether oxygens (including phenoxy) is 1. The lowest BCUT2D eigenvalue weighted by Crippen LogP contribution is -2.61. The molecule has 0 spiro atoms. The van der Waals surface area contributed by atoms with Crippen molar-refractivity contribution in [2.45, 2.75) is 52.2 Å². The van der Waals surface area contributed by atoms with Crippen molar-refractivity contribution in [3.63, 3.8) is 0 Å². The second kappa shape index (κ2) is 6.52. The van der Waals surface area contributed by atoms with Crippen LogP contribution in [0.1, 0.15) is 33.6 Å². The molecule has 1 fully saturated rings. The molecule has 2 unspecified atom stereocenters. The molecular weight excluding hydrogens is 234 g/mol. The molecule has 0 N–H and O–H groups in total. The van der Waals surface area contributed by atoms with Gasteiger partial charge in [0.15, 0.2) is 0 Å². The van der Waals surface area contributed by atoms with Crippen molar-refractivity contribution < 1.29 is 14.0 Å². The first-order valence-corrected chi connectivity index (χ1v) is 9.18. The predicted molar refractivity (Wildman–Crippen MR) is 70.1 cm³/mol. The monoisotopic (exact) mass is 259 g/mol. The maximum Gasteiger partial charge on any atom is 0.322 e. The Kier molecular flexibility index (Phi) is 5.62. The van der Waals surface area contributed by atoms with Gasteiger partial charge in [-0.2, -0.15) is 0 Å². The van der Waals surface area contributed by atoms with E-state index in [0.29, 0.717) is 6.61 Å². The summed E-state index contributed by atoms with van der Waals surface area (Å²) >= 11 is 0. The molecule has 0 amide bonds. The third kappa shape index (κ3) is 3.53. The lowest BCUT2D eigenvalue weighted by Gasteiger charge is -2.44. The molecule has 0 saturated carbocycles. The minimum Gasteiger partial charge on any atom is -0.465 e. The SMILES string of the molecule is CCOC(=O)C(C)N1CCCC[Si]1(C)OCC. The van der Waals surface area contributed by atoms with Crippen molar-refractivity contribution >= 4 is 14.4 Å². The molecule has 0 radical (unpaired) electrons. The highest BCUT2D eigenvalue weighted by Crippen LogP contribution is 2.28. The van der Waals surface area contributed by atoms with Gasteiger partial charge in [-0.3, -0.25) is 9.36 Å². The maximum atomic E-state index is 11.8. The third-order valence-electron chi connectivity index (χ3n) is 3.45. The molecule has 2 atom stereocenters. The van der Waals surface area contributed by atoms with E-state index in [1.807, 2.05) is 20.8 Å². The van der Waals surface area contributed by atoms with E-state index in [0.717, 1.165) is 25.6 Å². The van der Waals surface area contributed by atoms with Crippen molar-refractivity contribution in [1.82, 2.24) is 4.57 Å². The van der Waals surface area contributed by atoms with Gasteiger partial charge in [-0.15, -0.1) is 0 Å². The summed E-state index contributed by atoms with van der Waals surface area (Å²) in [5, 5.41) is 0. The van der Waals surface area contributed by atoms with E-state index in [4.69, 9.17) is 9.16 Å². The van der Waals surface area contributed by atoms with Gasteiger partial charge in [0.05, 0.1) is 6.61 Å². The zero-order valence-electron chi connectivity index (χ0n) is 11.5. The van der Waals surface area contributed by atoms with Crippen molar-refractivity contribution in [2.24, 2.45) is 0 Å². The van der Waals surface area contributed by atoms with Gasteiger partial charge in [-0.1, -0.05) is 6.42 Å². The summed E-state index contributed by atoms with van der Waals surface area (Å²) in [5.74, 6) is -0.118. The normalized spacial score (nSPS) is 27.8. The fourth-order valence-corrected chi connectivity index (χ4v) is 6.26. The van der Waals surface area contributed by atoms with Crippen molar-refractivity contribution in [2.75, 3.05) is 19.8 Å². The van der Waals surface area contributed by atoms with Crippen LogP contribution in [0.15, 0.2) is 0 Å². The van der Waals surface area contributed by atoms with E-state index in [1.54, 1.807) is 0 Å². The Bertz CT molecular complexity index is 258. The minimum atomic E-state index is -1.89. The van der Waals surface area contributed by atoms with Gasteiger partial charge in [0.1, 0.15) is 6.04 Å². The predicted octanol–water partition coefficient (Wildman–Crippen LogP) is 2.14. The van der Waals surface area contributed by atoms with Gasteiger partial charge in [-0.25, -0.2) is 0 Å². The standard InChI is InChI=1S/C12H25NO3Si/c1-5-15-12(14)11(3)13-9-7-8-10-17(13,4)16-6-2/h11H,5-10H2,1-4H3. The zero-order chi connectivity index (χ0) is 12.9. The Hall–Kier alpha value is -0.393. The van der Waals surface area contributed by atoms with E-state index >= 15 is 0 Å². The Balaban J connectivity index is 2.73. The second-order valence-corrected chi connectivity index (χ2v) is 8.40. The van der Waals surface area contributed by atoms with E-state index in [2.05, 4.69) is 11.1 Å². The zero-order valence-corrected chi connectivity index (χ0v) is 12.5. The average Bonchev–Trinajstić information content (AvgIpc) is 2.29. The molecule has 17 heavy (non-hydrogen) atoms. The first-order valence-electron chi connectivity index (χ1n) is 6.62. The Labute approximate surface area is 105 Å². The molecular formula is C12H25NO3Si. The van der Waals surface area contributed by atoms with Crippen LogP contribution in [-0.2, 0) is 14.0 Å². The van der Waals surface area contributed by atoms with Crippen LogP contribution in [0.4, 0.5) is 0 Å². The molecule has 1 rings (SSSR count). The molecule has 4 nitrogen and oxygen atoms in total. The van der Waals surface area contributed by atoms with E-state index in [1.165, 1.54) is 6.42 Å². The molecule has 100 valence electrons. The van der Waals surface area contributed by atoms with Crippen LogP contribution in [0.5, 0.6) is 0 Å². The lowest BCUT2D eigenvalue weighted by atomic mass is 10.3. The van der Waals surface area contributed by atoms with E-state index in [-0.39, 0.29) is 12.0 Å². The van der Waals surface area contributed by atoms with Gasteiger partial charge < -0.3 is 9.16 Å². The summed E-state index contributed by atoms with van der Waals surface area (Å²) in [6.45, 7) is 10.2. The smallest absolute Gasteiger partial charge is 0.322 e. The van der Waals surface area contributed by atoms with Crippen molar-refractivity contribution in [3.8, 4) is 0 Å². The highest BCUT2D eigenvalue weighted by Gasteiger charge is 2.43. The maximum absolute atomic E-state index is 11.8. The molecule has 1 saturated heterocycles. The fraction of sp³-hybridized carbons (Fsp3) is 0.917. The molecule has 1 aliphatic heterocycles. The average molecular weight is 259 g/mol. The van der Waals surface area contributed by atoms with Crippen LogP contribution in [0, 0.1) is 0 Å². The van der Waals surface area contributed by atoms with Crippen LogP contribution in [0.25, 0.3) is 0 Å². The highest BCUT2D eigenvalue weighted by atomic mass is 28.4. The fourth-order valence-electron chi connectivity index (χ4n) is 2.57. The Morgan fingerprint density at radius 3 is 2.65 bits per heavy atom.